The lowest BCUT2D eigenvalue weighted by Crippen LogP contribution is -1.94. The highest BCUT2D eigenvalue weighted by atomic mass is 79.9. The van der Waals surface area contributed by atoms with Crippen LogP contribution in [0, 0.1) is 5.82 Å². The molecule has 1 heterocycles. The van der Waals surface area contributed by atoms with Crippen LogP contribution in [0.1, 0.15) is 11.4 Å². The fourth-order valence-electron chi connectivity index (χ4n) is 1.96. The van der Waals surface area contributed by atoms with Crippen LogP contribution in [0.3, 0.4) is 0 Å². The summed E-state index contributed by atoms with van der Waals surface area (Å²) in [5, 5.41) is 3.88. The first-order valence-electron chi connectivity index (χ1n) is 6.25. The molecule has 0 aliphatic heterocycles. The lowest BCUT2D eigenvalue weighted by atomic mass is 10.1. The molecule has 0 fully saturated rings. The first kappa shape index (κ1) is 13.8. The molecule has 0 saturated carbocycles. The zero-order chi connectivity index (χ0) is 14.8. The van der Waals surface area contributed by atoms with Gasteiger partial charge in [-0.25, -0.2) is 4.39 Å². The van der Waals surface area contributed by atoms with Gasteiger partial charge in [-0.1, -0.05) is 39.3 Å². The summed E-state index contributed by atoms with van der Waals surface area (Å²) >= 11 is 3.37. The monoisotopic (exact) mass is 347 g/mol. The zero-order valence-corrected chi connectivity index (χ0v) is 12.5. The molecule has 0 radical (unpaired) electrons. The molecular weight excluding hydrogens is 337 g/mol. The maximum absolute atomic E-state index is 13.6. The fourth-order valence-corrected chi connectivity index (χ4v) is 2.32. The van der Waals surface area contributed by atoms with Gasteiger partial charge in [0.25, 0.3) is 5.89 Å². The highest BCUT2D eigenvalue weighted by Gasteiger charge is 2.13. The Labute approximate surface area is 128 Å². The second-order valence-electron chi connectivity index (χ2n) is 4.52. The number of nitrogens with zero attached hydrogens (tertiary/aromatic N) is 2. The van der Waals surface area contributed by atoms with E-state index in [1.165, 1.54) is 6.07 Å². The average molecular weight is 348 g/mol. The van der Waals surface area contributed by atoms with Gasteiger partial charge in [0.15, 0.2) is 5.82 Å². The second kappa shape index (κ2) is 5.65. The van der Waals surface area contributed by atoms with Crippen LogP contribution in [0.5, 0.6) is 0 Å². The lowest BCUT2D eigenvalue weighted by Gasteiger charge is -2.00. The van der Waals surface area contributed by atoms with Gasteiger partial charge in [0, 0.05) is 16.6 Å². The predicted octanol–water partition coefficient (Wildman–Crippen LogP) is 3.81. The molecule has 21 heavy (non-hydrogen) atoms. The molecule has 6 heteroatoms. The van der Waals surface area contributed by atoms with E-state index >= 15 is 0 Å². The van der Waals surface area contributed by atoms with E-state index in [0.29, 0.717) is 28.5 Å². The van der Waals surface area contributed by atoms with Crippen molar-refractivity contribution in [2.24, 2.45) is 0 Å². The van der Waals surface area contributed by atoms with Crippen LogP contribution in [0.4, 0.5) is 10.1 Å². The summed E-state index contributed by atoms with van der Waals surface area (Å²) < 4.78 is 19.7. The third-order valence-corrected chi connectivity index (χ3v) is 3.51. The molecule has 0 bridgehead atoms. The van der Waals surface area contributed by atoms with Crippen LogP contribution in [-0.4, -0.2) is 10.1 Å². The normalized spacial score (nSPS) is 10.8. The highest BCUT2D eigenvalue weighted by molar-refractivity contribution is 9.10. The van der Waals surface area contributed by atoms with E-state index in [1.807, 2.05) is 6.07 Å². The summed E-state index contributed by atoms with van der Waals surface area (Å²) in [5.74, 6) is 0.445. The van der Waals surface area contributed by atoms with E-state index in [-0.39, 0.29) is 12.2 Å². The molecule has 0 unspecified atom stereocenters. The van der Waals surface area contributed by atoms with Crippen molar-refractivity contribution in [2.75, 3.05) is 5.73 Å². The summed E-state index contributed by atoms with van der Waals surface area (Å²) in [6.07, 6.45) is 0.268. The Morgan fingerprint density at radius 2 is 2.00 bits per heavy atom. The van der Waals surface area contributed by atoms with Gasteiger partial charge in [-0.05, 0) is 29.8 Å². The van der Waals surface area contributed by atoms with Crippen molar-refractivity contribution < 1.29 is 8.91 Å². The molecular formula is C15H11BrFN3O. The Morgan fingerprint density at radius 3 is 2.81 bits per heavy atom. The summed E-state index contributed by atoms with van der Waals surface area (Å²) in [7, 11) is 0. The van der Waals surface area contributed by atoms with E-state index in [4.69, 9.17) is 10.3 Å². The maximum Gasteiger partial charge on any atom is 0.260 e. The van der Waals surface area contributed by atoms with Crippen molar-refractivity contribution in [1.82, 2.24) is 10.1 Å². The summed E-state index contributed by atoms with van der Waals surface area (Å²) in [4.78, 5) is 4.27. The third kappa shape index (κ3) is 2.95. The quantitative estimate of drug-likeness (QED) is 0.731. The molecule has 0 saturated heterocycles. The molecule has 0 atom stereocenters. The zero-order valence-electron chi connectivity index (χ0n) is 10.9. The van der Waals surface area contributed by atoms with E-state index in [1.54, 1.807) is 30.3 Å². The van der Waals surface area contributed by atoms with E-state index in [9.17, 15) is 4.39 Å². The Hall–Kier alpha value is -2.21. The smallest absolute Gasteiger partial charge is 0.260 e. The number of anilines is 1. The van der Waals surface area contributed by atoms with Crippen LogP contribution in [0.2, 0.25) is 0 Å². The molecule has 106 valence electrons. The SMILES string of the molecule is Nc1ccc(Br)cc1-c1nc(Cc2ccccc2F)no1. The van der Waals surface area contributed by atoms with Crippen molar-refractivity contribution in [1.29, 1.82) is 0 Å². The number of hydrogen-bond donors (Lipinski definition) is 1. The first-order valence-corrected chi connectivity index (χ1v) is 7.04. The number of nitrogens with two attached hydrogens (primary N) is 1. The van der Waals surface area contributed by atoms with Crippen LogP contribution in [0.15, 0.2) is 51.5 Å². The fraction of sp³-hybridized carbons (Fsp3) is 0.0667. The average Bonchev–Trinajstić information content (AvgIpc) is 2.92. The Balaban J connectivity index is 1.90. The van der Waals surface area contributed by atoms with Gasteiger partial charge < -0.3 is 10.3 Å². The summed E-state index contributed by atoms with van der Waals surface area (Å²) in [6.45, 7) is 0. The Morgan fingerprint density at radius 1 is 1.19 bits per heavy atom. The van der Waals surface area contributed by atoms with Gasteiger partial charge >= 0.3 is 0 Å². The number of aromatic nitrogens is 2. The summed E-state index contributed by atoms with van der Waals surface area (Å²) in [5.41, 5.74) is 7.61. The largest absolute Gasteiger partial charge is 0.398 e. The minimum Gasteiger partial charge on any atom is -0.398 e. The number of nitrogen functional groups attached to an aromatic ring is 1. The van der Waals surface area contributed by atoms with Crippen molar-refractivity contribution in [3.05, 3.63) is 64.1 Å². The molecule has 0 amide bonds. The minimum atomic E-state index is -0.286. The highest BCUT2D eigenvalue weighted by Crippen LogP contribution is 2.28. The number of rotatable bonds is 3. The Bertz CT molecular complexity index is 788. The van der Waals surface area contributed by atoms with Gasteiger partial charge in [0.1, 0.15) is 5.82 Å². The van der Waals surface area contributed by atoms with Gasteiger partial charge in [-0.3, -0.25) is 0 Å². The topological polar surface area (TPSA) is 64.9 Å². The van der Waals surface area contributed by atoms with Crippen LogP contribution >= 0.6 is 15.9 Å². The second-order valence-corrected chi connectivity index (χ2v) is 5.43. The molecule has 0 aliphatic rings. The number of benzene rings is 2. The van der Waals surface area contributed by atoms with Crippen molar-refractivity contribution >= 4 is 21.6 Å². The molecule has 1 aromatic heterocycles. The molecule has 0 aliphatic carbocycles. The van der Waals surface area contributed by atoms with E-state index in [0.717, 1.165) is 4.47 Å². The molecule has 2 N–H and O–H groups in total. The minimum absolute atomic E-state index is 0.268. The number of hydrogen-bond acceptors (Lipinski definition) is 4. The van der Waals surface area contributed by atoms with Crippen LogP contribution in [0.25, 0.3) is 11.5 Å². The van der Waals surface area contributed by atoms with Gasteiger partial charge in [-0.2, -0.15) is 4.98 Å². The Kier molecular flexibility index (Phi) is 3.70. The third-order valence-electron chi connectivity index (χ3n) is 3.02. The molecule has 3 rings (SSSR count). The maximum atomic E-state index is 13.6. The molecule has 0 spiro atoms. The lowest BCUT2D eigenvalue weighted by molar-refractivity contribution is 0.423. The van der Waals surface area contributed by atoms with Gasteiger partial charge in [0.05, 0.1) is 5.56 Å². The number of halogens is 2. The summed E-state index contributed by atoms with van der Waals surface area (Å²) in [6, 6.07) is 11.9. The molecule has 2 aromatic carbocycles. The van der Waals surface area contributed by atoms with Crippen molar-refractivity contribution in [2.45, 2.75) is 6.42 Å². The van der Waals surface area contributed by atoms with Gasteiger partial charge in [0.2, 0.25) is 0 Å². The standard InChI is InChI=1S/C15H11BrFN3O/c16-10-5-6-13(18)11(8-10)15-19-14(20-21-15)7-9-3-1-2-4-12(9)17/h1-6,8H,7,18H2. The van der Waals surface area contributed by atoms with Crippen LogP contribution < -0.4 is 5.73 Å². The van der Waals surface area contributed by atoms with Gasteiger partial charge in [-0.15, -0.1) is 0 Å². The van der Waals surface area contributed by atoms with E-state index in [2.05, 4.69) is 26.1 Å². The van der Waals surface area contributed by atoms with Crippen molar-refractivity contribution in [3.8, 4) is 11.5 Å². The van der Waals surface area contributed by atoms with E-state index < -0.39 is 0 Å². The van der Waals surface area contributed by atoms with Crippen LogP contribution in [-0.2, 0) is 6.42 Å². The van der Waals surface area contributed by atoms with Crippen molar-refractivity contribution in [3.63, 3.8) is 0 Å². The molecule has 3 aromatic rings. The predicted molar refractivity (Wildman–Crippen MR) is 81.1 cm³/mol. The first-order chi connectivity index (χ1) is 10.1. The molecule has 4 nitrogen and oxygen atoms in total.